The van der Waals surface area contributed by atoms with E-state index in [1.54, 1.807) is 44.8 Å². The van der Waals surface area contributed by atoms with Crippen LogP contribution in [0.1, 0.15) is 119 Å². The van der Waals surface area contributed by atoms with Gasteiger partial charge in [-0.25, -0.2) is 5.48 Å². The molecule has 6 rings (SSSR count). The highest BCUT2D eigenvalue weighted by Gasteiger charge is 2.56. The van der Waals surface area contributed by atoms with Crippen LogP contribution in [0.4, 0.5) is 0 Å². The van der Waals surface area contributed by atoms with Crippen molar-refractivity contribution < 1.29 is 73.2 Å². The van der Waals surface area contributed by atoms with Gasteiger partial charge in [-0.3, -0.25) is 29.2 Å². The molecule has 4 aliphatic rings. The summed E-state index contributed by atoms with van der Waals surface area (Å²) in [6.07, 6.45) is -4.94. The number of aliphatic hydroxyl groups excluding tert-OH is 3. The van der Waals surface area contributed by atoms with Gasteiger partial charge in [-0.2, -0.15) is 0 Å². The number of hydrogen-bond acceptors (Lipinski definition) is 18. The van der Waals surface area contributed by atoms with Crippen LogP contribution in [-0.4, -0.2) is 168 Å². The van der Waals surface area contributed by atoms with Crippen LogP contribution in [0.2, 0.25) is 0 Å². The maximum atomic E-state index is 14.4. The van der Waals surface area contributed by atoms with E-state index in [-0.39, 0.29) is 44.2 Å². The maximum Gasteiger partial charge on any atom is 0.311 e. The third kappa shape index (κ3) is 12.9. The fourth-order valence-corrected chi connectivity index (χ4v) is 11.2. The summed E-state index contributed by atoms with van der Waals surface area (Å²) >= 11 is 0. The van der Waals surface area contributed by atoms with Crippen LogP contribution in [-0.2, 0) is 60.6 Å². The molecule has 400 valence electrons. The number of hydrogen-bond donors (Lipinski definition) is 6. The topological polar surface area (TPSA) is 263 Å². The second-order valence-corrected chi connectivity index (χ2v) is 21.4. The van der Waals surface area contributed by atoms with Crippen molar-refractivity contribution in [2.45, 2.75) is 211 Å². The number of benzene rings is 1. The summed E-state index contributed by atoms with van der Waals surface area (Å²) in [5.74, 6) is -5.00. The van der Waals surface area contributed by atoms with Crippen LogP contribution in [0.5, 0.6) is 0 Å². The average Bonchev–Trinajstić information content (AvgIpc) is 3.99. The summed E-state index contributed by atoms with van der Waals surface area (Å²) in [6.45, 7) is 16.5. The second-order valence-electron chi connectivity index (χ2n) is 21.4. The van der Waals surface area contributed by atoms with E-state index in [1.165, 1.54) is 14.0 Å². The number of likely N-dealkylation sites (N-methyl/N-ethyl adjacent to an activating group) is 1. The van der Waals surface area contributed by atoms with E-state index in [9.17, 15) is 34.8 Å². The Labute approximate surface area is 417 Å². The van der Waals surface area contributed by atoms with Gasteiger partial charge in [0.1, 0.15) is 35.4 Å². The molecular weight excluding hydrogens is 923 g/mol. The van der Waals surface area contributed by atoms with E-state index in [0.29, 0.717) is 25.9 Å². The summed E-state index contributed by atoms with van der Waals surface area (Å²) in [7, 11) is 3.43. The van der Waals surface area contributed by atoms with Crippen molar-refractivity contribution in [3.05, 3.63) is 36.0 Å². The number of aryl methyl sites for hydroxylation is 1. The SMILES string of the molecule is CC[C@H]1OC(=O)[C@H](C)[C@@H](O[C@H]2C[C@@](C)(OC)[C@@H](O)[C@H](C)O2)[C@H](C)[C@@H](O[C@@H]2O[C@H](C)C[C@H](N(C)Cc3ccc(-c4cn(CCCCCC(=O)NO)nn4)cc3)[C@H]2O)[C@@]2(C)C[C@@H](CO2)C(=O)[C@H](C)[C@@H](O)[C@]1(C)O. The molecule has 0 aliphatic carbocycles. The van der Waals surface area contributed by atoms with Gasteiger partial charge >= 0.3 is 5.97 Å². The van der Waals surface area contributed by atoms with E-state index in [0.717, 1.165) is 29.7 Å². The number of ether oxygens (including phenoxy) is 7. The van der Waals surface area contributed by atoms with Gasteiger partial charge in [-0.15, -0.1) is 5.10 Å². The zero-order valence-electron chi connectivity index (χ0n) is 43.4. The molecule has 71 heavy (non-hydrogen) atoms. The molecule has 1 aromatic heterocycles. The first-order chi connectivity index (χ1) is 33.5. The molecule has 0 radical (unpaired) electrons. The van der Waals surface area contributed by atoms with Crippen LogP contribution in [0.15, 0.2) is 30.5 Å². The van der Waals surface area contributed by atoms with Gasteiger partial charge in [-0.1, -0.05) is 56.7 Å². The Hall–Kier alpha value is -3.51. The summed E-state index contributed by atoms with van der Waals surface area (Å²) in [5, 5.41) is 64.0. The van der Waals surface area contributed by atoms with Crippen molar-refractivity contribution in [2.75, 3.05) is 20.8 Å². The molecule has 0 spiro atoms. The highest BCUT2D eigenvalue weighted by molar-refractivity contribution is 5.84. The van der Waals surface area contributed by atoms with Gasteiger partial charge in [0.2, 0.25) is 5.91 Å². The van der Waals surface area contributed by atoms with E-state index in [4.69, 9.17) is 38.4 Å². The Bertz CT molecular complexity index is 2080. The van der Waals surface area contributed by atoms with E-state index < -0.39 is 114 Å². The molecule has 20 nitrogen and oxygen atoms in total. The van der Waals surface area contributed by atoms with Crippen molar-refractivity contribution in [3.63, 3.8) is 0 Å². The lowest BCUT2D eigenvalue weighted by Gasteiger charge is -2.49. The lowest BCUT2D eigenvalue weighted by molar-refractivity contribution is -0.317. The molecule has 4 aliphatic heterocycles. The largest absolute Gasteiger partial charge is 0.459 e. The smallest absolute Gasteiger partial charge is 0.311 e. The number of amides is 1. The number of ketones is 1. The predicted octanol–water partition coefficient (Wildman–Crippen LogP) is 3.70. The summed E-state index contributed by atoms with van der Waals surface area (Å²) < 4.78 is 46.7. The number of rotatable bonds is 16. The minimum Gasteiger partial charge on any atom is -0.459 e. The molecule has 1 aromatic carbocycles. The number of nitrogens with one attached hydrogen (secondary N) is 1. The number of fused-ring (bicyclic) bond motifs is 2. The number of aromatic nitrogens is 3. The van der Waals surface area contributed by atoms with Crippen molar-refractivity contribution in [2.24, 2.45) is 23.7 Å². The highest BCUT2D eigenvalue weighted by atomic mass is 16.7. The number of cyclic esters (lactones) is 1. The number of hydroxylamine groups is 1. The molecule has 6 N–H and O–H groups in total. The second kappa shape index (κ2) is 23.8. The number of carbonyl (C=O) groups excluding carboxylic acids is 3. The average molecular weight is 1000 g/mol. The van der Waals surface area contributed by atoms with Crippen LogP contribution >= 0.6 is 0 Å². The quantitative estimate of drug-likeness (QED) is 0.0606. The minimum atomic E-state index is -1.99. The van der Waals surface area contributed by atoms with Crippen molar-refractivity contribution in [1.29, 1.82) is 0 Å². The van der Waals surface area contributed by atoms with Gasteiger partial charge in [0, 0.05) is 62.4 Å². The highest BCUT2D eigenvalue weighted by Crippen LogP contribution is 2.45. The molecule has 0 unspecified atom stereocenters. The van der Waals surface area contributed by atoms with Gasteiger partial charge in [-0.05, 0) is 86.3 Å². The van der Waals surface area contributed by atoms with E-state index >= 15 is 0 Å². The Kier molecular flexibility index (Phi) is 19.0. The van der Waals surface area contributed by atoms with Gasteiger partial charge < -0.3 is 53.6 Å². The molecule has 18 atom stereocenters. The summed E-state index contributed by atoms with van der Waals surface area (Å²) in [5.41, 5.74) is -0.0362. The minimum absolute atomic E-state index is 0.00967. The molecule has 4 fully saturated rings. The third-order valence-electron chi connectivity index (χ3n) is 15.8. The zero-order chi connectivity index (χ0) is 52.2. The number of carbonyl (C=O) groups is 3. The van der Waals surface area contributed by atoms with Crippen LogP contribution in [0, 0.1) is 23.7 Å². The number of unbranched alkanes of at least 4 members (excludes halogenated alkanes) is 2. The number of nitrogens with zero attached hydrogens (tertiary/aromatic N) is 4. The molecule has 4 saturated heterocycles. The molecule has 5 heterocycles. The van der Waals surface area contributed by atoms with Crippen LogP contribution < -0.4 is 5.48 Å². The molecule has 2 bridgehead atoms. The lowest BCUT2D eigenvalue weighted by Crippen LogP contribution is -2.61. The molecular formula is C51H81N5O15. The van der Waals surface area contributed by atoms with Crippen molar-refractivity contribution >= 4 is 17.7 Å². The Morgan fingerprint density at radius 2 is 1.66 bits per heavy atom. The Morgan fingerprint density at radius 3 is 2.32 bits per heavy atom. The number of Topliss-reactive ketones (excluding diaryl/α,β-unsaturated/α-hetero) is 1. The number of esters is 1. The van der Waals surface area contributed by atoms with Crippen LogP contribution in [0.25, 0.3) is 11.3 Å². The lowest BCUT2D eigenvalue weighted by atomic mass is 9.75. The Balaban J connectivity index is 1.25. The maximum absolute atomic E-state index is 14.4. The summed E-state index contributed by atoms with van der Waals surface area (Å²) in [4.78, 5) is 42.0. The van der Waals surface area contributed by atoms with Gasteiger partial charge in [0.05, 0.1) is 60.4 Å². The normalized spacial score (nSPS) is 39.5. The van der Waals surface area contributed by atoms with Crippen molar-refractivity contribution in [3.8, 4) is 11.3 Å². The first-order valence-electron chi connectivity index (χ1n) is 25.4. The standard InChI is InChI=1S/C51H81N5O15/c1-12-38-51(9,63)44(60)29(3)41(58)35-23-50(8,66-27-35)46(30(4)43(31(5)47(62)69-38)70-40-24-49(7,65-11)45(61)32(6)68-40)71-48-42(59)37(22-28(2)67-48)55(10)25-33-17-19-34(20-18-33)36-26-56(54-52-36)21-15-13-14-16-39(57)53-64/h17-20,26,28-32,35,37-38,40,42-46,48,59-61,63-64H,12-16,21-25,27H2,1-11H3,(H,53,57)/t28-,29+,30+,31-,32+,35+,37+,38-,40+,42-,43+,44-,45+,46-,48+,49-,50-,51-/m1/s1. The predicted molar refractivity (Wildman–Crippen MR) is 256 cm³/mol. The molecule has 0 saturated carbocycles. The Morgan fingerprint density at radius 1 is 0.958 bits per heavy atom. The first-order valence-corrected chi connectivity index (χ1v) is 25.4. The summed E-state index contributed by atoms with van der Waals surface area (Å²) in [6, 6.07) is 7.55. The molecule has 1 amide bonds. The van der Waals surface area contributed by atoms with Gasteiger partial charge in [0.15, 0.2) is 12.6 Å². The third-order valence-corrected chi connectivity index (χ3v) is 15.8. The fraction of sp³-hybridized carbons (Fsp3) is 0.784. The van der Waals surface area contributed by atoms with Gasteiger partial charge in [0.25, 0.3) is 0 Å². The first kappa shape index (κ1) is 56.8. The van der Waals surface area contributed by atoms with Crippen LogP contribution in [0.3, 0.4) is 0 Å². The van der Waals surface area contributed by atoms with E-state index in [1.807, 2.05) is 58.3 Å². The van der Waals surface area contributed by atoms with E-state index in [2.05, 4.69) is 15.2 Å². The zero-order valence-corrected chi connectivity index (χ0v) is 43.4. The van der Waals surface area contributed by atoms with Crippen molar-refractivity contribution in [1.82, 2.24) is 25.4 Å². The monoisotopic (exact) mass is 1000 g/mol. The molecule has 2 aromatic rings. The fourth-order valence-electron chi connectivity index (χ4n) is 11.2. The number of methoxy groups -OCH3 is 1. The number of aliphatic hydroxyl groups is 4. The molecule has 20 heteroatoms.